The molecule has 0 heterocycles. The monoisotopic (exact) mass is 507 g/mol. The van der Waals surface area contributed by atoms with Crippen molar-refractivity contribution >= 4 is 30.4 Å². The summed E-state index contributed by atoms with van der Waals surface area (Å²) in [6.45, 7) is 1.32. The zero-order chi connectivity index (χ0) is 23.1. The van der Waals surface area contributed by atoms with Crippen molar-refractivity contribution in [3.8, 4) is 0 Å². The van der Waals surface area contributed by atoms with E-state index in [1.165, 1.54) is 9.80 Å². The Morgan fingerprint density at radius 2 is 0.724 bits per heavy atom. The molecule has 0 spiro atoms. The summed E-state index contributed by atoms with van der Waals surface area (Å²) >= 11 is 0. The summed E-state index contributed by atoms with van der Waals surface area (Å²) in [7, 11) is -18.2. The Hall–Kier alpha value is 0.480. The molecule has 0 aliphatic rings. The average molecular weight is 507 g/mol. The van der Waals surface area contributed by atoms with Crippen molar-refractivity contribution in [2.24, 2.45) is 0 Å². The standard InChI is InChI=1S/C10H29N3O12P4/c1-2-11(7-26(14,15)16)3-4-12(8-27(17,18)19)5-6-13(9-28(20,21)22)10-29(23,24)25/h2-10H2,1H3,(H2,14,15,16)(H2,17,18,19)(H2,20,21,22)(H2,23,24,25). The van der Waals surface area contributed by atoms with Gasteiger partial charge >= 0.3 is 30.4 Å². The SMILES string of the molecule is CCN(CCN(CCN(CP(=O)(O)O)CP(=O)(O)O)CP(=O)(O)O)CP(=O)(O)O. The molecule has 0 aromatic rings. The van der Waals surface area contributed by atoms with Gasteiger partial charge < -0.3 is 39.1 Å². The lowest BCUT2D eigenvalue weighted by Gasteiger charge is -2.30. The van der Waals surface area contributed by atoms with Crippen LogP contribution in [0.25, 0.3) is 0 Å². The Balaban J connectivity index is 5.14. The van der Waals surface area contributed by atoms with Gasteiger partial charge in [-0.25, -0.2) is 0 Å². The van der Waals surface area contributed by atoms with E-state index in [9.17, 15) is 28.0 Å². The number of nitrogens with zero attached hydrogens (tertiary/aromatic N) is 3. The molecule has 0 aliphatic heterocycles. The highest BCUT2D eigenvalue weighted by atomic mass is 31.2. The Bertz CT molecular complexity index is 659. The summed E-state index contributed by atoms with van der Waals surface area (Å²) in [4.78, 5) is 76.0. The second-order valence-corrected chi connectivity index (χ2v) is 12.9. The molecule has 0 aromatic heterocycles. The van der Waals surface area contributed by atoms with E-state index < -0.39 is 55.5 Å². The van der Waals surface area contributed by atoms with E-state index in [-0.39, 0.29) is 32.7 Å². The molecule has 0 unspecified atom stereocenters. The summed E-state index contributed by atoms with van der Waals surface area (Å²) in [5, 5.41) is 0. The topological polar surface area (TPSA) is 240 Å². The summed E-state index contributed by atoms with van der Waals surface area (Å²) in [5.41, 5.74) is 0. The van der Waals surface area contributed by atoms with Crippen molar-refractivity contribution in [2.75, 3.05) is 57.9 Å². The molecule has 0 aliphatic carbocycles. The molecule has 176 valence electrons. The van der Waals surface area contributed by atoms with Crippen molar-refractivity contribution in [2.45, 2.75) is 6.92 Å². The maximum absolute atomic E-state index is 11.3. The number of hydrogen-bond acceptors (Lipinski definition) is 7. The molecule has 0 atom stereocenters. The normalized spacial score (nSPS) is 14.3. The first-order valence-electron chi connectivity index (χ1n) is 8.15. The minimum absolute atomic E-state index is 0.0264. The van der Waals surface area contributed by atoms with Crippen LogP contribution in [0.15, 0.2) is 0 Å². The molecule has 19 heteroatoms. The Morgan fingerprint density at radius 3 is 1.03 bits per heavy atom. The van der Waals surface area contributed by atoms with Gasteiger partial charge in [-0.1, -0.05) is 6.92 Å². The first-order valence-corrected chi connectivity index (χ1v) is 15.3. The van der Waals surface area contributed by atoms with Crippen LogP contribution >= 0.6 is 30.4 Å². The van der Waals surface area contributed by atoms with Crippen LogP contribution in [0.1, 0.15) is 6.92 Å². The molecule has 0 bridgehead atoms. The fraction of sp³-hybridized carbons (Fsp3) is 1.00. The zero-order valence-electron chi connectivity index (χ0n) is 15.7. The summed E-state index contributed by atoms with van der Waals surface area (Å²) in [6.07, 6.45) is -3.22. The summed E-state index contributed by atoms with van der Waals surface area (Å²) in [5.74, 6) is 0. The fourth-order valence-corrected chi connectivity index (χ4v) is 5.73. The van der Waals surface area contributed by atoms with Crippen LogP contribution < -0.4 is 0 Å². The molecular weight excluding hydrogens is 478 g/mol. The van der Waals surface area contributed by atoms with E-state index in [1.54, 1.807) is 6.92 Å². The van der Waals surface area contributed by atoms with E-state index in [0.29, 0.717) is 0 Å². The lowest BCUT2D eigenvalue weighted by atomic mass is 10.4. The van der Waals surface area contributed by atoms with Crippen LogP contribution in [0.3, 0.4) is 0 Å². The molecule has 0 radical (unpaired) electrons. The second-order valence-electron chi connectivity index (χ2n) is 6.45. The van der Waals surface area contributed by atoms with Crippen LogP contribution in [-0.4, -0.2) is 112 Å². The van der Waals surface area contributed by atoms with E-state index >= 15 is 0 Å². The number of rotatable bonds is 15. The third kappa shape index (κ3) is 18.9. The third-order valence-electron chi connectivity index (χ3n) is 3.45. The lowest BCUT2D eigenvalue weighted by Crippen LogP contribution is -2.40. The maximum atomic E-state index is 11.3. The van der Waals surface area contributed by atoms with Crippen LogP contribution in [0.5, 0.6) is 0 Å². The van der Waals surface area contributed by atoms with E-state index in [2.05, 4.69) is 0 Å². The molecule has 0 rings (SSSR count). The Labute approximate surface area is 168 Å². The maximum Gasteiger partial charge on any atom is 0.339 e. The smallest absolute Gasteiger partial charge is 0.324 e. The largest absolute Gasteiger partial charge is 0.339 e. The van der Waals surface area contributed by atoms with E-state index in [0.717, 1.165) is 4.90 Å². The molecule has 15 nitrogen and oxygen atoms in total. The van der Waals surface area contributed by atoms with Crippen molar-refractivity contribution in [3.05, 3.63) is 0 Å². The molecular formula is C10H29N3O12P4. The van der Waals surface area contributed by atoms with Gasteiger partial charge in [-0.2, -0.15) is 0 Å². The fourth-order valence-electron chi connectivity index (χ4n) is 2.38. The molecule has 0 saturated carbocycles. The van der Waals surface area contributed by atoms with Gasteiger partial charge in [0.25, 0.3) is 0 Å². The van der Waals surface area contributed by atoms with Gasteiger partial charge in [0, 0.05) is 26.2 Å². The van der Waals surface area contributed by atoms with Crippen LogP contribution in [0.4, 0.5) is 0 Å². The van der Waals surface area contributed by atoms with Gasteiger partial charge in [0.2, 0.25) is 0 Å². The highest BCUT2D eigenvalue weighted by molar-refractivity contribution is 7.52. The van der Waals surface area contributed by atoms with E-state index in [1.807, 2.05) is 0 Å². The molecule has 8 N–H and O–H groups in total. The van der Waals surface area contributed by atoms with Crippen molar-refractivity contribution in [1.29, 1.82) is 0 Å². The van der Waals surface area contributed by atoms with Crippen LogP contribution in [-0.2, 0) is 18.3 Å². The molecule has 0 saturated heterocycles. The Morgan fingerprint density at radius 1 is 0.483 bits per heavy atom. The lowest BCUT2D eigenvalue weighted by molar-refractivity contribution is 0.197. The minimum atomic E-state index is -4.65. The van der Waals surface area contributed by atoms with Crippen molar-refractivity contribution in [3.63, 3.8) is 0 Å². The van der Waals surface area contributed by atoms with Gasteiger partial charge in [0.15, 0.2) is 0 Å². The summed E-state index contributed by atoms with van der Waals surface area (Å²) < 4.78 is 44.8. The van der Waals surface area contributed by atoms with Gasteiger partial charge in [-0.05, 0) is 6.54 Å². The number of hydrogen-bond donors (Lipinski definition) is 8. The minimum Gasteiger partial charge on any atom is -0.324 e. The number of likely N-dealkylation sites (N-methyl/N-ethyl adjacent to an activating group) is 1. The predicted octanol–water partition coefficient (Wildman–Crippen LogP) is -1.55. The Kier molecular flexibility index (Phi) is 12.1. The highest BCUT2D eigenvalue weighted by Gasteiger charge is 2.27. The molecule has 0 fully saturated rings. The zero-order valence-corrected chi connectivity index (χ0v) is 19.3. The van der Waals surface area contributed by atoms with Gasteiger partial charge in [-0.3, -0.25) is 33.0 Å². The molecule has 29 heavy (non-hydrogen) atoms. The average Bonchev–Trinajstić information content (AvgIpc) is 2.42. The predicted molar refractivity (Wildman–Crippen MR) is 103 cm³/mol. The van der Waals surface area contributed by atoms with Gasteiger partial charge in [-0.15, -0.1) is 0 Å². The van der Waals surface area contributed by atoms with Gasteiger partial charge in [0.05, 0.1) is 0 Å². The van der Waals surface area contributed by atoms with Crippen LogP contribution in [0, 0.1) is 0 Å². The molecule has 0 amide bonds. The second kappa shape index (κ2) is 11.9. The first kappa shape index (κ1) is 29.5. The quantitative estimate of drug-likeness (QED) is 0.117. The van der Waals surface area contributed by atoms with Gasteiger partial charge in [0.1, 0.15) is 25.1 Å². The highest BCUT2D eigenvalue weighted by Crippen LogP contribution is 2.41. The van der Waals surface area contributed by atoms with Crippen molar-refractivity contribution in [1.82, 2.24) is 14.7 Å². The third-order valence-corrected chi connectivity index (χ3v) is 6.52. The van der Waals surface area contributed by atoms with Crippen LogP contribution in [0.2, 0.25) is 0 Å². The van der Waals surface area contributed by atoms with Crippen molar-refractivity contribution < 1.29 is 57.4 Å². The summed E-state index contributed by atoms with van der Waals surface area (Å²) in [6, 6.07) is 0. The molecule has 0 aromatic carbocycles. The van der Waals surface area contributed by atoms with E-state index in [4.69, 9.17) is 29.4 Å². The first-order chi connectivity index (χ1) is 12.8.